The quantitative estimate of drug-likeness (QED) is 0.116. The van der Waals surface area contributed by atoms with Crippen LogP contribution < -0.4 is 20.1 Å². The van der Waals surface area contributed by atoms with Gasteiger partial charge in [-0.3, -0.25) is 9.88 Å². The number of pyridine rings is 1. The predicted octanol–water partition coefficient (Wildman–Crippen LogP) is 6.05. The molecule has 246 valence electrons. The molecule has 8 rings (SSSR count). The van der Waals surface area contributed by atoms with Crippen LogP contribution in [0.15, 0.2) is 30.5 Å². The zero-order valence-corrected chi connectivity index (χ0v) is 24.5. The van der Waals surface area contributed by atoms with Crippen molar-refractivity contribution in [1.82, 2.24) is 19.9 Å². The summed E-state index contributed by atoms with van der Waals surface area (Å²) >= 11 is 0. The minimum absolute atomic E-state index is 0.00478. The molecule has 2 aromatic carbocycles. The van der Waals surface area contributed by atoms with E-state index in [9.17, 15) is 8.78 Å². The highest BCUT2D eigenvalue weighted by Crippen LogP contribution is 2.47. The van der Waals surface area contributed by atoms with Crippen LogP contribution >= 0.6 is 0 Å². The van der Waals surface area contributed by atoms with Gasteiger partial charge in [0, 0.05) is 53.6 Å². The largest absolute Gasteiger partial charge is 0.493 e. The third-order valence-electron chi connectivity index (χ3n) is 9.62. The van der Waals surface area contributed by atoms with Gasteiger partial charge in [-0.25, -0.2) is 22.0 Å². The summed E-state index contributed by atoms with van der Waals surface area (Å²) in [5, 5.41) is -1.49. The molecule has 5 heterocycles. The molecule has 8 nitrogen and oxygen atoms in total. The molecule has 47 heavy (non-hydrogen) atoms. The van der Waals surface area contributed by atoms with E-state index in [0.29, 0.717) is 19.4 Å². The summed E-state index contributed by atoms with van der Waals surface area (Å²) in [6.45, 7) is -1.92. The van der Waals surface area contributed by atoms with Gasteiger partial charge in [-0.1, -0.05) is 12.2 Å². The van der Waals surface area contributed by atoms with Gasteiger partial charge < -0.3 is 20.1 Å². The highest BCUT2D eigenvalue weighted by Gasteiger charge is 2.54. The molecular weight excluding hydrogens is 626 g/mol. The molecule has 14 heteroatoms. The van der Waals surface area contributed by atoms with Crippen molar-refractivity contribution in [2.24, 2.45) is 5.92 Å². The maximum Gasteiger partial charge on any atom is 0.319 e. The Labute approximate surface area is 272 Å². The van der Waals surface area contributed by atoms with Crippen LogP contribution in [0.25, 0.3) is 32.9 Å². The Morgan fingerprint density at radius 3 is 2.77 bits per heavy atom. The molecule has 0 unspecified atom stereocenters. The monoisotopic (exact) mass is 661 g/mol. The SMILES string of the molecule is [2H]C([2H])([2H])Oc1c(F)c(F)c(F)c2cc(N)cc(-c3ncc4c(N5CCC=C[C@H]6[C@H](F)[C@H]65)nc(OC([2H])([2H])[C@@]56CCCN5C[C@H](F)C6)nc4c3F)c12. The first-order valence-corrected chi connectivity index (χ1v) is 15.1. The van der Waals surface area contributed by atoms with Crippen LogP contribution in [0.4, 0.5) is 37.8 Å². The Hall–Kier alpha value is -4.33. The Morgan fingerprint density at radius 1 is 1.09 bits per heavy atom. The highest BCUT2D eigenvalue weighted by atomic mass is 19.2. The summed E-state index contributed by atoms with van der Waals surface area (Å²) in [4.78, 5) is 16.1. The smallest absolute Gasteiger partial charge is 0.319 e. The van der Waals surface area contributed by atoms with Crippen molar-refractivity contribution >= 4 is 33.2 Å². The summed E-state index contributed by atoms with van der Waals surface area (Å²) in [5.74, 6) is -8.85. The second-order valence-electron chi connectivity index (χ2n) is 12.4. The van der Waals surface area contributed by atoms with E-state index in [2.05, 4.69) is 15.0 Å². The summed E-state index contributed by atoms with van der Waals surface area (Å²) in [6.07, 6.45) is 3.20. The average molecular weight is 662 g/mol. The van der Waals surface area contributed by atoms with E-state index in [0.717, 1.165) is 18.3 Å². The first kappa shape index (κ1) is 24.8. The van der Waals surface area contributed by atoms with Crippen LogP contribution in [0.3, 0.4) is 0 Å². The second-order valence-corrected chi connectivity index (χ2v) is 12.4. The Bertz CT molecular complexity index is 2180. The van der Waals surface area contributed by atoms with E-state index in [1.54, 1.807) is 22.0 Å². The van der Waals surface area contributed by atoms with Crippen molar-refractivity contribution in [3.63, 3.8) is 0 Å². The molecule has 1 aliphatic carbocycles. The van der Waals surface area contributed by atoms with Crippen molar-refractivity contribution in [3.05, 3.63) is 53.8 Å². The predicted molar refractivity (Wildman–Crippen MR) is 163 cm³/mol. The standard InChI is InChI=1S/C33H30F6N6O2/c1-46-30-21-18(22(35)24(37)25(30)38)9-16(40)10-19(21)27-26(39)28-20(12-41-27)31(45-8-3-2-5-17-23(36)29(17)45)43-32(42-28)47-14-33-6-4-7-44(33)13-15(34)11-33/h2,5,9-10,12,15,17,23,29H,3-4,6-8,11,13-14,40H2,1H3/t15-,17+,23+,29+,33+/m1/s1/i1D3,14D2. The number of fused-ring (bicyclic) bond motifs is 4. The lowest BCUT2D eigenvalue weighted by Crippen LogP contribution is -2.43. The number of ether oxygens (including phenoxy) is 2. The van der Waals surface area contributed by atoms with Gasteiger partial charge in [-0.2, -0.15) is 14.4 Å². The molecule has 0 radical (unpaired) electrons. The van der Waals surface area contributed by atoms with Crippen LogP contribution in [-0.4, -0.2) is 77.0 Å². The van der Waals surface area contributed by atoms with E-state index in [1.807, 2.05) is 0 Å². The Balaban J connectivity index is 1.35. The van der Waals surface area contributed by atoms with E-state index in [1.165, 1.54) is 0 Å². The number of nitrogens with two attached hydrogens (primary N) is 1. The van der Waals surface area contributed by atoms with Gasteiger partial charge in [0.15, 0.2) is 23.2 Å². The van der Waals surface area contributed by atoms with Gasteiger partial charge in [0.1, 0.15) is 35.9 Å². The first-order chi connectivity index (χ1) is 24.5. The van der Waals surface area contributed by atoms with Gasteiger partial charge in [-0.15, -0.1) is 0 Å². The minimum atomic E-state index is -3.35. The topological polar surface area (TPSA) is 89.6 Å². The van der Waals surface area contributed by atoms with E-state index in [4.69, 9.17) is 22.1 Å². The van der Waals surface area contributed by atoms with Crippen molar-refractivity contribution in [3.8, 4) is 23.0 Å². The number of nitrogen functional groups attached to an aromatic ring is 1. The first-order valence-electron chi connectivity index (χ1n) is 17.6. The Kier molecular flexibility index (Phi) is 5.73. The fourth-order valence-electron chi connectivity index (χ4n) is 7.41. The Morgan fingerprint density at radius 2 is 1.94 bits per heavy atom. The van der Waals surface area contributed by atoms with Crippen molar-refractivity contribution in [2.45, 2.75) is 49.6 Å². The van der Waals surface area contributed by atoms with Crippen LogP contribution in [0.2, 0.25) is 0 Å². The van der Waals surface area contributed by atoms with Gasteiger partial charge in [-0.05, 0) is 37.9 Å². The van der Waals surface area contributed by atoms with Crippen LogP contribution in [0.5, 0.6) is 11.8 Å². The van der Waals surface area contributed by atoms with Gasteiger partial charge in [0.05, 0.1) is 30.9 Å². The van der Waals surface area contributed by atoms with Crippen LogP contribution in [0.1, 0.15) is 32.5 Å². The molecule has 2 saturated heterocycles. The molecule has 3 fully saturated rings. The highest BCUT2D eigenvalue weighted by molar-refractivity contribution is 6.04. The van der Waals surface area contributed by atoms with Crippen LogP contribution in [0, 0.1) is 29.2 Å². The molecular formula is C33H30F6N6O2. The van der Waals surface area contributed by atoms with E-state index in [-0.39, 0.29) is 42.8 Å². The number of alkyl halides is 2. The maximum atomic E-state index is 17.0. The third kappa shape index (κ3) is 4.58. The lowest BCUT2D eigenvalue weighted by molar-refractivity contribution is 0.107. The summed E-state index contributed by atoms with van der Waals surface area (Å²) in [5.41, 5.74) is 2.66. The summed E-state index contributed by atoms with van der Waals surface area (Å²) < 4.78 is 143. The number of aromatic nitrogens is 3. The lowest BCUT2D eigenvalue weighted by Gasteiger charge is -2.31. The summed E-state index contributed by atoms with van der Waals surface area (Å²) in [6, 6.07) is 0.568. The fraction of sp³-hybridized carbons (Fsp3) is 0.424. The van der Waals surface area contributed by atoms with Crippen molar-refractivity contribution < 1.29 is 42.7 Å². The number of hydrogen-bond acceptors (Lipinski definition) is 8. The summed E-state index contributed by atoms with van der Waals surface area (Å²) in [7, 11) is -3.35. The molecule has 2 N–H and O–H groups in total. The maximum absolute atomic E-state index is 17.0. The number of rotatable bonds is 6. The molecule has 4 aliphatic rings. The molecule has 5 atom stereocenters. The molecule has 1 saturated carbocycles. The zero-order chi connectivity index (χ0) is 37.1. The second kappa shape index (κ2) is 10.9. The number of hydrogen-bond donors (Lipinski definition) is 1. The number of nitrogens with zero attached hydrogens (tertiary/aromatic N) is 5. The van der Waals surface area contributed by atoms with Gasteiger partial charge >= 0.3 is 6.01 Å². The molecule has 0 bridgehead atoms. The number of benzene rings is 2. The molecule has 0 spiro atoms. The third-order valence-corrected chi connectivity index (χ3v) is 9.62. The number of anilines is 2. The van der Waals surface area contributed by atoms with Gasteiger partial charge in [0.2, 0.25) is 5.82 Å². The van der Waals surface area contributed by atoms with E-state index >= 15 is 17.6 Å². The zero-order valence-electron chi connectivity index (χ0n) is 29.5. The van der Waals surface area contributed by atoms with Crippen LogP contribution in [-0.2, 0) is 0 Å². The van der Waals surface area contributed by atoms with Crippen molar-refractivity contribution in [2.75, 3.05) is 43.9 Å². The molecule has 0 amide bonds. The van der Waals surface area contributed by atoms with Gasteiger partial charge in [0.25, 0.3) is 0 Å². The normalized spacial score (nSPS) is 29.1. The number of methoxy groups -OCH3 is 1. The molecule has 4 aromatic rings. The molecule has 3 aliphatic heterocycles. The number of halogens is 6. The van der Waals surface area contributed by atoms with E-state index < -0.39 is 106 Å². The fourth-order valence-corrected chi connectivity index (χ4v) is 7.41. The average Bonchev–Trinajstić information content (AvgIpc) is 3.43. The molecule has 2 aromatic heterocycles. The van der Waals surface area contributed by atoms with Crippen molar-refractivity contribution in [1.29, 1.82) is 0 Å². The lowest BCUT2D eigenvalue weighted by atomic mass is 9.95. The minimum Gasteiger partial charge on any atom is -0.493 e.